The van der Waals surface area contributed by atoms with Crippen LogP contribution in [-0.2, 0) is 17.8 Å². The van der Waals surface area contributed by atoms with Crippen molar-refractivity contribution in [2.75, 3.05) is 19.6 Å². The molecule has 1 atom stereocenters. The number of aryl methyl sites for hydroxylation is 1. The number of nitrogens with zero attached hydrogens (tertiary/aromatic N) is 1. The van der Waals surface area contributed by atoms with Gasteiger partial charge in [-0.3, -0.25) is 19.6 Å². The van der Waals surface area contributed by atoms with Gasteiger partial charge in [0.15, 0.2) is 0 Å². The number of nitrogens with one attached hydrogen (secondary N) is 3. The van der Waals surface area contributed by atoms with E-state index in [0.29, 0.717) is 18.0 Å². The van der Waals surface area contributed by atoms with Crippen LogP contribution in [-0.4, -0.2) is 40.6 Å². The van der Waals surface area contributed by atoms with E-state index in [-0.39, 0.29) is 17.9 Å². The van der Waals surface area contributed by atoms with E-state index in [4.69, 9.17) is 0 Å². The topological polar surface area (TPSA) is 81.0 Å². The average Bonchev–Trinajstić information content (AvgIpc) is 2.93. The van der Waals surface area contributed by atoms with Crippen LogP contribution in [0.2, 0.25) is 0 Å². The molecule has 1 fully saturated rings. The molecule has 0 radical (unpaired) electrons. The Balaban J connectivity index is 1.46. The van der Waals surface area contributed by atoms with Crippen molar-refractivity contribution in [1.29, 1.82) is 0 Å². The maximum Gasteiger partial charge on any atom is 0.267 e. The maximum atomic E-state index is 12.1. The number of likely N-dealkylation sites (tertiary alicyclic amines) is 1. The average molecular weight is 342 g/mol. The molecular formula is C19H26N4O2. The van der Waals surface area contributed by atoms with E-state index in [1.807, 2.05) is 6.07 Å². The number of piperidine rings is 1. The zero-order chi connectivity index (χ0) is 17.6. The van der Waals surface area contributed by atoms with E-state index in [9.17, 15) is 9.59 Å². The van der Waals surface area contributed by atoms with Gasteiger partial charge < -0.3 is 10.4 Å². The summed E-state index contributed by atoms with van der Waals surface area (Å²) >= 11 is 0. The van der Waals surface area contributed by atoms with E-state index in [0.717, 1.165) is 38.2 Å². The van der Waals surface area contributed by atoms with Gasteiger partial charge in [0.05, 0.1) is 6.42 Å². The summed E-state index contributed by atoms with van der Waals surface area (Å²) in [5.41, 5.74) is 2.37. The van der Waals surface area contributed by atoms with E-state index in [2.05, 4.69) is 44.7 Å². The number of aromatic nitrogens is 2. The van der Waals surface area contributed by atoms with Crippen molar-refractivity contribution in [3.05, 3.63) is 57.5 Å². The van der Waals surface area contributed by atoms with E-state index >= 15 is 0 Å². The second kappa shape index (κ2) is 8.16. The lowest BCUT2D eigenvalue weighted by Gasteiger charge is -2.32. The summed E-state index contributed by atoms with van der Waals surface area (Å²) < 4.78 is 0. The minimum absolute atomic E-state index is 0.0895. The van der Waals surface area contributed by atoms with Crippen LogP contribution in [0.15, 0.2) is 35.1 Å². The van der Waals surface area contributed by atoms with Gasteiger partial charge in [-0.2, -0.15) is 0 Å². The number of benzene rings is 1. The quantitative estimate of drug-likeness (QED) is 0.746. The third kappa shape index (κ3) is 4.82. The second-order valence-electron chi connectivity index (χ2n) is 6.89. The molecule has 1 aromatic carbocycles. The van der Waals surface area contributed by atoms with Gasteiger partial charge in [-0.25, -0.2) is 0 Å². The minimum atomic E-state index is -0.209. The van der Waals surface area contributed by atoms with Crippen molar-refractivity contribution in [3.63, 3.8) is 0 Å². The fourth-order valence-electron chi connectivity index (χ4n) is 3.47. The van der Waals surface area contributed by atoms with Crippen LogP contribution in [0.5, 0.6) is 0 Å². The summed E-state index contributed by atoms with van der Waals surface area (Å²) in [4.78, 5) is 26.2. The summed E-state index contributed by atoms with van der Waals surface area (Å²) in [5, 5.41) is 8.26. The van der Waals surface area contributed by atoms with Crippen LogP contribution in [0.3, 0.4) is 0 Å². The molecular weight excluding hydrogens is 316 g/mol. The molecule has 1 aromatic heterocycles. The Morgan fingerprint density at radius 2 is 2.08 bits per heavy atom. The first-order chi connectivity index (χ1) is 12.1. The van der Waals surface area contributed by atoms with Crippen molar-refractivity contribution < 1.29 is 4.79 Å². The Kier molecular flexibility index (Phi) is 5.71. The smallest absolute Gasteiger partial charge is 0.267 e. The standard InChI is InChI=1S/C19H26N4O2/c1-14-17(19(25)22-21-14)10-18(24)20-11-16-8-5-9-23(13-16)12-15-6-3-2-4-7-15/h2-4,6-7,16H,5,8-13H2,1H3,(H,20,24)(H2,21,22,25)/t16-/m0/s1. The first-order valence-electron chi connectivity index (χ1n) is 8.91. The van der Waals surface area contributed by atoms with Crippen LogP contribution >= 0.6 is 0 Å². The molecule has 3 rings (SSSR count). The summed E-state index contributed by atoms with van der Waals surface area (Å²) in [6, 6.07) is 10.5. The molecule has 6 heteroatoms. The van der Waals surface area contributed by atoms with Gasteiger partial charge in [-0.15, -0.1) is 0 Å². The number of carbonyl (C=O) groups is 1. The first kappa shape index (κ1) is 17.5. The van der Waals surface area contributed by atoms with Crippen LogP contribution < -0.4 is 10.9 Å². The largest absolute Gasteiger partial charge is 0.355 e. The van der Waals surface area contributed by atoms with Crippen molar-refractivity contribution >= 4 is 5.91 Å². The molecule has 1 amide bonds. The van der Waals surface area contributed by atoms with Crippen molar-refractivity contribution in [2.24, 2.45) is 5.92 Å². The van der Waals surface area contributed by atoms with Gasteiger partial charge in [-0.1, -0.05) is 30.3 Å². The van der Waals surface area contributed by atoms with Gasteiger partial charge >= 0.3 is 0 Å². The highest BCUT2D eigenvalue weighted by Gasteiger charge is 2.21. The summed E-state index contributed by atoms with van der Waals surface area (Å²) in [7, 11) is 0. The highest BCUT2D eigenvalue weighted by molar-refractivity contribution is 5.78. The number of H-pyrrole nitrogens is 2. The molecule has 0 aliphatic carbocycles. The molecule has 0 saturated carbocycles. The number of hydrogen-bond donors (Lipinski definition) is 3. The molecule has 25 heavy (non-hydrogen) atoms. The Bertz CT molecular complexity index is 750. The van der Waals surface area contributed by atoms with Gasteiger partial charge in [-0.05, 0) is 37.8 Å². The lowest BCUT2D eigenvalue weighted by Crippen LogP contribution is -2.41. The number of hydrogen-bond acceptors (Lipinski definition) is 3. The molecule has 2 heterocycles. The lowest BCUT2D eigenvalue weighted by molar-refractivity contribution is -0.120. The molecule has 0 bridgehead atoms. The predicted molar refractivity (Wildman–Crippen MR) is 97.3 cm³/mol. The summed E-state index contributed by atoms with van der Waals surface area (Å²) in [5.74, 6) is 0.375. The molecule has 2 aromatic rings. The Hall–Kier alpha value is -2.34. The second-order valence-corrected chi connectivity index (χ2v) is 6.89. The minimum Gasteiger partial charge on any atom is -0.355 e. The normalized spacial score (nSPS) is 18.2. The zero-order valence-electron chi connectivity index (χ0n) is 14.7. The van der Waals surface area contributed by atoms with Crippen LogP contribution in [0.4, 0.5) is 0 Å². The summed E-state index contributed by atoms with van der Waals surface area (Å²) in [6.45, 7) is 5.54. The van der Waals surface area contributed by atoms with Crippen LogP contribution in [0.1, 0.15) is 29.7 Å². The third-order valence-electron chi connectivity index (χ3n) is 4.87. The van der Waals surface area contributed by atoms with Gasteiger partial charge in [0.25, 0.3) is 5.56 Å². The van der Waals surface area contributed by atoms with Gasteiger partial charge in [0, 0.05) is 30.9 Å². The van der Waals surface area contributed by atoms with Crippen molar-refractivity contribution in [1.82, 2.24) is 20.4 Å². The predicted octanol–water partition coefficient (Wildman–Crippen LogP) is 1.58. The number of aromatic amines is 2. The van der Waals surface area contributed by atoms with Gasteiger partial charge in [0.2, 0.25) is 5.91 Å². The van der Waals surface area contributed by atoms with Crippen LogP contribution in [0, 0.1) is 12.8 Å². The van der Waals surface area contributed by atoms with Gasteiger partial charge in [0.1, 0.15) is 0 Å². The number of rotatable bonds is 6. The van der Waals surface area contributed by atoms with Crippen molar-refractivity contribution in [2.45, 2.75) is 32.7 Å². The number of amides is 1. The Labute approximate surface area is 147 Å². The summed E-state index contributed by atoms with van der Waals surface area (Å²) in [6.07, 6.45) is 2.42. The highest BCUT2D eigenvalue weighted by atomic mass is 16.2. The molecule has 1 saturated heterocycles. The molecule has 0 unspecified atom stereocenters. The fraction of sp³-hybridized carbons (Fsp3) is 0.474. The maximum absolute atomic E-state index is 12.1. The van der Waals surface area contributed by atoms with E-state index < -0.39 is 0 Å². The lowest BCUT2D eigenvalue weighted by atomic mass is 9.97. The third-order valence-corrected chi connectivity index (χ3v) is 4.87. The molecule has 0 spiro atoms. The number of carbonyl (C=O) groups excluding carboxylic acids is 1. The van der Waals surface area contributed by atoms with Crippen LogP contribution in [0.25, 0.3) is 0 Å². The fourth-order valence-corrected chi connectivity index (χ4v) is 3.47. The molecule has 6 nitrogen and oxygen atoms in total. The Morgan fingerprint density at radius 3 is 2.80 bits per heavy atom. The van der Waals surface area contributed by atoms with E-state index in [1.54, 1.807) is 6.92 Å². The molecule has 134 valence electrons. The molecule has 3 N–H and O–H groups in total. The van der Waals surface area contributed by atoms with E-state index in [1.165, 1.54) is 5.56 Å². The highest BCUT2D eigenvalue weighted by Crippen LogP contribution is 2.18. The molecule has 1 aliphatic heterocycles. The first-order valence-corrected chi connectivity index (χ1v) is 8.91. The monoisotopic (exact) mass is 342 g/mol. The Morgan fingerprint density at radius 1 is 1.28 bits per heavy atom. The zero-order valence-corrected chi connectivity index (χ0v) is 14.7. The SMILES string of the molecule is Cc1[nH][nH]c(=O)c1CC(=O)NC[C@@H]1CCCN(Cc2ccccc2)C1. The van der Waals surface area contributed by atoms with Crippen molar-refractivity contribution in [3.8, 4) is 0 Å². The molecule has 1 aliphatic rings.